The lowest BCUT2D eigenvalue weighted by Crippen LogP contribution is -2.16. The van der Waals surface area contributed by atoms with Crippen molar-refractivity contribution < 1.29 is 9.53 Å². The van der Waals surface area contributed by atoms with E-state index in [1.165, 1.54) is 12.4 Å². The summed E-state index contributed by atoms with van der Waals surface area (Å²) in [5.41, 5.74) is 1.49. The van der Waals surface area contributed by atoms with E-state index < -0.39 is 0 Å². The number of nitrogens with zero attached hydrogens (tertiary/aromatic N) is 2. The molecule has 0 radical (unpaired) electrons. The summed E-state index contributed by atoms with van der Waals surface area (Å²) in [4.78, 5) is 20.9. The summed E-state index contributed by atoms with van der Waals surface area (Å²) in [6.45, 7) is 3.85. The second kappa shape index (κ2) is 8.51. The number of carbonyl (C=O) groups excluding carboxylic acids is 1. The largest absolute Gasteiger partial charge is 0.489 e. The summed E-state index contributed by atoms with van der Waals surface area (Å²) in [7, 11) is 0. The number of benzene rings is 2. The van der Waals surface area contributed by atoms with Crippen molar-refractivity contribution in [1.29, 1.82) is 0 Å². The number of rotatable bonds is 6. The van der Waals surface area contributed by atoms with Crippen LogP contribution in [0.5, 0.6) is 5.75 Å². The van der Waals surface area contributed by atoms with Gasteiger partial charge in [-0.2, -0.15) is 0 Å². The summed E-state index contributed by atoms with van der Waals surface area (Å²) >= 11 is 6.11. The molecule has 138 valence electrons. The van der Waals surface area contributed by atoms with Gasteiger partial charge in [-0.25, -0.2) is 9.97 Å². The van der Waals surface area contributed by atoms with E-state index >= 15 is 0 Å². The van der Waals surface area contributed by atoms with E-state index in [1.807, 2.05) is 44.2 Å². The van der Waals surface area contributed by atoms with Crippen LogP contribution < -0.4 is 15.4 Å². The summed E-state index contributed by atoms with van der Waals surface area (Å²) in [6, 6.07) is 14.6. The van der Waals surface area contributed by atoms with Gasteiger partial charge in [-0.3, -0.25) is 4.79 Å². The molecule has 1 amide bonds. The average molecular weight is 383 g/mol. The van der Waals surface area contributed by atoms with Crippen molar-refractivity contribution >= 4 is 34.7 Å². The summed E-state index contributed by atoms with van der Waals surface area (Å²) in [5, 5.41) is 6.44. The van der Waals surface area contributed by atoms with Gasteiger partial charge in [0.2, 0.25) is 0 Å². The van der Waals surface area contributed by atoms with Gasteiger partial charge in [-0.1, -0.05) is 35.9 Å². The van der Waals surface area contributed by atoms with Crippen LogP contribution in [0.25, 0.3) is 0 Å². The number of amides is 1. The molecule has 7 heteroatoms. The molecule has 3 aromatic rings. The average Bonchev–Trinajstić information content (AvgIpc) is 2.65. The van der Waals surface area contributed by atoms with Crippen molar-refractivity contribution in [3.8, 4) is 5.75 Å². The van der Waals surface area contributed by atoms with E-state index in [2.05, 4.69) is 20.6 Å². The Morgan fingerprint density at radius 3 is 2.37 bits per heavy atom. The topological polar surface area (TPSA) is 76.1 Å². The molecule has 27 heavy (non-hydrogen) atoms. The van der Waals surface area contributed by atoms with Crippen LogP contribution in [0.3, 0.4) is 0 Å². The molecule has 0 saturated heterocycles. The highest BCUT2D eigenvalue weighted by Gasteiger charge is 2.12. The first-order valence-electron chi connectivity index (χ1n) is 8.43. The minimum absolute atomic E-state index is 0.00184. The number of aromatic nitrogens is 2. The van der Waals surface area contributed by atoms with Gasteiger partial charge in [0.25, 0.3) is 5.91 Å². The molecule has 1 aromatic heterocycles. The Morgan fingerprint density at radius 2 is 1.70 bits per heavy atom. The van der Waals surface area contributed by atoms with Crippen molar-refractivity contribution in [2.45, 2.75) is 20.0 Å². The fraction of sp³-hybridized carbons (Fsp3) is 0.150. The van der Waals surface area contributed by atoms with Crippen LogP contribution in [0.2, 0.25) is 5.02 Å². The molecule has 6 nitrogen and oxygen atoms in total. The van der Waals surface area contributed by atoms with Crippen LogP contribution in [0.15, 0.2) is 60.9 Å². The Labute approximate surface area is 162 Å². The second-order valence-electron chi connectivity index (χ2n) is 6.01. The molecule has 3 rings (SSSR count). The van der Waals surface area contributed by atoms with Gasteiger partial charge in [-0.05, 0) is 38.1 Å². The number of para-hydroxylation sites is 3. The van der Waals surface area contributed by atoms with E-state index in [4.69, 9.17) is 16.3 Å². The first kappa shape index (κ1) is 18.7. The molecule has 0 bridgehead atoms. The fourth-order valence-electron chi connectivity index (χ4n) is 2.32. The zero-order chi connectivity index (χ0) is 19.2. The highest BCUT2D eigenvalue weighted by atomic mass is 35.5. The number of hydrogen-bond donors (Lipinski definition) is 2. The maximum atomic E-state index is 12.5. The molecule has 0 spiro atoms. The van der Waals surface area contributed by atoms with Crippen LogP contribution in [0, 0.1) is 0 Å². The number of hydrogen-bond acceptors (Lipinski definition) is 5. The van der Waals surface area contributed by atoms with Crippen molar-refractivity contribution in [2.75, 3.05) is 10.6 Å². The molecule has 2 N–H and O–H groups in total. The van der Waals surface area contributed by atoms with Crippen LogP contribution in [0.1, 0.15) is 24.3 Å². The molecule has 0 unspecified atom stereocenters. The van der Waals surface area contributed by atoms with Gasteiger partial charge in [-0.15, -0.1) is 0 Å². The normalized spacial score (nSPS) is 10.5. The predicted molar refractivity (Wildman–Crippen MR) is 107 cm³/mol. The zero-order valence-corrected chi connectivity index (χ0v) is 15.7. The van der Waals surface area contributed by atoms with Crippen molar-refractivity contribution in [3.05, 3.63) is 71.6 Å². The third kappa shape index (κ3) is 4.95. The van der Waals surface area contributed by atoms with Gasteiger partial charge < -0.3 is 15.4 Å². The molecule has 0 aliphatic rings. The Kier molecular flexibility index (Phi) is 5.88. The van der Waals surface area contributed by atoms with Crippen molar-refractivity contribution in [2.24, 2.45) is 0 Å². The third-order valence-electron chi connectivity index (χ3n) is 3.52. The standard InChI is InChI=1S/C20H19ClN4O2/c1-13(2)27-18-10-6-5-9-16(18)25-20(26)17-11-23-19(12-22-17)24-15-8-4-3-7-14(15)21/h3-13H,1-2H3,(H,23,24)(H,25,26). The van der Waals surface area contributed by atoms with Crippen LogP contribution >= 0.6 is 11.6 Å². The Hall–Kier alpha value is -3.12. The molecule has 0 aliphatic carbocycles. The minimum Gasteiger partial charge on any atom is -0.489 e. The van der Waals surface area contributed by atoms with Gasteiger partial charge >= 0.3 is 0 Å². The third-order valence-corrected chi connectivity index (χ3v) is 3.85. The lowest BCUT2D eigenvalue weighted by atomic mass is 10.2. The molecule has 1 heterocycles. The quantitative estimate of drug-likeness (QED) is 0.633. The number of nitrogens with one attached hydrogen (secondary N) is 2. The molecular formula is C20H19ClN4O2. The first-order chi connectivity index (χ1) is 13.0. The number of carbonyl (C=O) groups is 1. The monoisotopic (exact) mass is 382 g/mol. The van der Waals surface area contributed by atoms with Crippen LogP contribution in [0.4, 0.5) is 17.2 Å². The second-order valence-corrected chi connectivity index (χ2v) is 6.42. The number of anilines is 3. The van der Waals surface area contributed by atoms with Gasteiger partial charge in [0.05, 0.1) is 34.9 Å². The lowest BCUT2D eigenvalue weighted by molar-refractivity contribution is 0.102. The van der Waals surface area contributed by atoms with Crippen molar-refractivity contribution in [1.82, 2.24) is 9.97 Å². The summed E-state index contributed by atoms with van der Waals surface area (Å²) in [6.07, 6.45) is 2.88. The summed E-state index contributed by atoms with van der Waals surface area (Å²) < 4.78 is 5.71. The molecule has 0 aliphatic heterocycles. The van der Waals surface area contributed by atoms with E-state index in [0.717, 1.165) is 0 Å². The van der Waals surface area contributed by atoms with Gasteiger partial charge in [0, 0.05) is 0 Å². The Bertz CT molecular complexity index is 929. The SMILES string of the molecule is CC(C)Oc1ccccc1NC(=O)c1cnc(Nc2ccccc2Cl)cn1. The van der Waals surface area contributed by atoms with E-state index in [1.54, 1.807) is 18.2 Å². The molecule has 0 fully saturated rings. The number of ether oxygens (including phenoxy) is 1. The minimum atomic E-state index is -0.369. The summed E-state index contributed by atoms with van der Waals surface area (Å²) in [5.74, 6) is 0.723. The molecule has 2 aromatic carbocycles. The molecule has 0 atom stereocenters. The first-order valence-corrected chi connectivity index (χ1v) is 8.81. The van der Waals surface area contributed by atoms with E-state index in [-0.39, 0.29) is 17.7 Å². The van der Waals surface area contributed by atoms with E-state index in [9.17, 15) is 4.79 Å². The zero-order valence-electron chi connectivity index (χ0n) is 14.9. The van der Waals surface area contributed by atoms with Crippen LogP contribution in [-0.2, 0) is 0 Å². The Balaban J connectivity index is 1.70. The molecule has 0 saturated carbocycles. The maximum Gasteiger partial charge on any atom is 0.275 e. The smallest absolute Gasteiger partial charge is 0.275 e. The van der Waals surface area contributed by atoms with Gasteiger partial charge in [0.15, 0.2) is 0 Å². The predicted octanol–water partition coefficient (Wildman–Crippen LogP) is 4.91. The maximum absolute atomic E-state index is 12.5. The highest BCUT2D eigenvalue weighted by Crippen LogP contribution is 2.26. The molecular weight excluding hydrogens is 364 g/mol. The van der Waals surface area contributed by atoms with Crippen LogP contribution in [-0.4, -0.2) is 22.0 Å². The van der Waals surface area contributed by atoms with Gasteiger partial charge in [0.1, 0.15) is 17.3 Å². The lowest BCUT2D eigenvalue weighted by Gasteiger charge is -2.14. The number of halogens is 1. The highest BCUT2D eigenvalue weighted by molar-refractivity contribution is 6.33. The fourth-order valence-corrected chi connectivity index (χ4v) is 2.51. The Morgan fingerprint density at radius 1 is 1.00 bits per heavy atom. The van der Waals surface area contributed by atoms with Crippen molar-refractivity contribution in [3.63, 3.8) is 0 Å². The van der Waals surface area contributed by atoms with E-state index in [0.29, 0.717) is 28.0 Å².